The van der Waals surface area contributed by atoms with E-state index < -0.39 is 28.3 Å². The van der Waals surface area contributed by atoms with Crippen LogP contribution in [-0.2, 0) is 42.1 Å². The molecule has 0 saturated heterocycles. The lowest BCUT2D eigenvalue weighted by Crippen LogP contribution is -2.33. The molecule has 0 fully saturated rings. The third-order valence-corrected chi connectivity index (χ3v) is 7.51. The highest BCUT2D eigenvalue weighted by molar-refractivity contribution is 7.91. The third-order valence-electron chi connectivity index (χ3n) is 6.16. The van der Waals surface area contributed by atoms with Crippen molar-refractivity contribution in [3.63, 3.8) is 0 Å². The second kappa shape index (κ2) is 7.24. The van der Waals surface area contributed by atoms with Crippen LogP contribution in [-0.4, -0.2) is 39.0 Å². The summed E-state index contributed by atoms with van der Waals surface area (Å²) >= 11 is 0. The highest BCUT2D eigenvalue weighted by atomic mass is 32.2. The van der Waals surface area contributed by atoms with Gasteiger partial charge in [-0.25, -0.2) is 27.6 Å². The van der Waals surface area contributed by atoms with E-state index in [1.54, 1.807) is 4.68 Å². The van der Waals surface area contributed by atoms with Crippen LogP contribution in [0.25, 0.3) is 0 Å². The lowest BCUT2D eigenvalue weighted by Gasteiger charge is -2.30. The Labute approximate surface area is 184 Å². The van der Waals surface area contributed by atoms with Crippen molar-refractivity contribution in [2.24, 2.45) is 14.9 Å². The maximum absolute atomic E-state index is 14.1. The van der Waals surface area contributed by atoms with Crippen molar-refractivity contribution in [2.45, 2.75) is 63.3 Å². The number of fused-ring (bicyclic) bond motifs is 3. The maximum Gasteiger partial charge on any atom is 0.354 e. The van der Waals surface area contributed by atoms with E-state index in [1.165, 1.54) is 6.20 Å². The molecule has 3 aliphatic rings. The first-order valence-corrected chi connectivity index (χ1v) is 12.1. The second-order valence-electron chi connectivity index (χ2n) is 9.55. The van der Waals surface area contributed by atoms with Gasteiger partial charge in [-0.05, 0) is 22.3 Å². The average Bonchev–Trinajstić information content (AvgIpc) is 3.35. The first kappa shape index (κ1) is 21.3. The van der Waals surface area contributed by atoms with Gasteiger partial charge in [0.25, 0.3) is 0 Å². The van der Waals surface area contributed by atoms with E-state index in [0.29, 0.717) is 30.0 Å². The van der Waals surface area contributed by atoms with Gasteiger partial charge in [-0.3, -0.25) is 0 Å². The van der Waals surface area contributed by atoms with E-state index in [9.17, 15) is 17.8 Å². The van der Waals surface area contributed by atoms with Crippen LogP contribution in [0.3, 0.4) is 0 Å². The number of nitrogens with one attached hydrogen (secondary N) is 1. The van der Waals surface area contributed by atoms with Gasteiger partial charge in [0.2, 0.25) is 5.88 Å². The van der Waals surface area contributed by atoms with Crippen LogP contribution in [0, 0.1) is 5.41 Å². The fraction of sp³-hybridized carbons (Fsp3) is 0.524. The first-order chi connectivity index (χ1) is 15.0. The second-order valence-corrected chi connectivity index (χ2v) is 11.3. The Kier molecular flexibility index (Phi) is 4.82. The van der Waals surface area contributed by atoms with E-state index >= 15 is 0 Å². The Hall–Kier alpha value is -2.53. The fourth-order valence-corrected chi connectivity index (χ4v) is 5.77. The number of ether oxygens (including phenoxy) is 1. The smallest absolute Gasteiger partial charge is 0.354 e. The summed E-state index contributed by atoms with van der Waals surface area (Å²) in [5, 5.41) is 12.8. The molecule has 11 heteroatoms. The number of urea groups is 1. The highest BCUT2D eigenvalue weighted by Crippen LogP contribution is 2.40. The van der Waals surface area contributed by atoms with E-state index in [0.717, 1.165) is 11.1 Å². The first-order valence-electron chi connectivity index (χ1n) is 10.5. The van der Waals surface area contributed by atoms with Gasteiger partial charge in [0.1, 0.15) is 17.2 Å². The van der Waals surface area contributed by atoms with E-state index in [1.807, 2.05) is 19.9 Å². The van der Waals surface area contributed by atoms with Crippen molar-refractivity contribution < 1.29 is 22.5 Å². The molecule has 2 amide bonds. The van der Waals surface area contributed by atoms with Crippen molar-refractivity contribution in [3.05, 3.63) is 34.5 Å². The zero-order valence-electron chi connectivity index (χ0n) is 17.9. The Bertz CT molecular complexity index is 1210. The summed E-state index contributed by atoms with van der Waals surface area (Å²) in [5.41, 5.74) is 3.02. The van der Waals surface area contributed by atoms with Crippen LogP contribution in [0.2, 0.25) is 0 Å². The molecule has 3 N–H and O–H groups in total. The van der Waals surface area contributed by atoms with Crippen molar-refractivity contribution in [2.75, 3.05) is 11.9 Å². The minimum absolute atomic E-state index is 0.0410. The molecule has 3 atom stereocenters. The number of nitrogens with two attached hydrogens (primary N) is 1. The number of anilines is 1. The van der Waals surface area contributed by atoms with Crippen molar-refractivity contribution in [1.82, 2.24) is 9.78 Å². The molecule has 172 valence electrons. The molecule has 0 saturated carbocycles. The number of alkyl halides is 2. The van der Waals surface area contributed by atoms with Gasteiger partial charge in [-0.2, -0.15) is 5.10 Å². The molecule has 8 nitrogen and oxygen atoms in total. The molecule has 1 aromatic heterocycles. The van der Waals surface area contributed by atoms with E-state index in [2.05, 4.69) is 14.8 Å². The summed E-state index contributed by atoms with van der Waals surface area (Å²) in [6.07, 6.45) is -0.0931. The Morgan fingerprint density at radius 3 is 2.50 bits per heavy atom. The van der Waals surface area contributed by atoms with Crippen LogP contribution >= 0.6 is 0 Å². The Morgan fingerprint density at radius 2 is 1.88 bits per heavy atom. The van der Waals surface area contributed by atoms with Crippen molar-refractivity contribution >= 4 is 21.6 Å². The zero-order valence-corrected chi connectivity index (χ0v) is 18.7. The number of amides is 2. The van der Waals surface area contributed by atoms with Crippen molar-refractivity contribution in [3.8, 4) is 5.88 Å². The van der Waals surface area contributed by atoms with E-state index in [4.69, 9.17) is 9.88 Å². The van der Waals surface area contributed by atoms with Crippen LogP contribution in [0.5, 0.6) is 5.88 Å². The summed E-state index contributed by atoms with van der Waals surface area (Å²) in [6.45, 7) is 4.94. The van der Waals surface area contributed by atoms with Gasteiger partial charge in [0.05, 0.1) is 19.3 Å². The standard InChI is InChI=1S/C21H25F2N5O3S/c1-21(2)9-28-19(31-10-21)17(8-25-28)32(24,30)27-20(29)26-18-15-6-13(22)4-11(15)3-12-5-14(23)7-16(12)18/h3,8,13-14H,4-7,9-10H2,1-2H3,(H3,24,26,27,29,30). The van der Waals surface area contributed by atoms with Crippen LogP contribution in [0.4, 0.5) is 19.3 Å². The number of halogens is 2. The predicted molar refractivity (Wildman–Crippen MR) is 115 cm³/mol. The molecule has 5 rings (SSSR count). The molecular weight excluding hydrogens is 440 g/mol. The van der Waals surface area contributed by atoms with Crippen LogP contribution in [0.1, 0.15) is 36.1 Å². The SMILES string of the molecule is CC1(C)COc2c(S(N)(=O)=NC(=O)Nc3c4c(cc5c3CC(F)C5)CC(F)C4)cnn2C1. The predicted octanol–water partition coefficient (Wildman–Crippen LogP) is 3.11. The quantitative estimate of drug-likeness (QED) is 0.710. The molecule has 32 heavy (non-hydrogen) atoms. The summed E-state index contributed by atoms with van der Waals surface area (Å²) < 4.78 is 52.3. The molecule has 1 aliphatic heterocycles. The molecule has 3 unspecified atom stereocenters. The monoisotopic (exact) mass is 465 g/mol. The molecule has 1 aromatic carbocycles. The molecule has 0 spiro atoms. The topological polar surface area (TPSA) is 112 Å². The lowest BCUT2D eigenvalue weighted by atomic mass is 9.94. The highest BCUT2D eigenvalue weighted by Gasteiger charge is 2.34. The molecule has 0 radical (unpaired) electrons. The van der Waals surface area contributed by atoms with Crippen LogP contribution in [0.15, 0.2) is 21.5 Å². The summed E-state index contributed by atoms with van der Waals surface area (Å²) in [5.74, 6) is 0.232. The van der Waals surface area contributed by atoms with Gasteiger partial charge in [-0.15, -0.1) is 4.36 Å². The largest absolute Gasteiger partial charge is 0.476 e. The number of carbonyl (C=O) groups excluding carboxylic acids is 1. The van der Waals surface area contributed by atoms with Gasteiger partial charge in [-0.1, -0.05) is 19.9 Å². The number of benzene rings is 1. The maximum atomic E-state index is 14.1. The number of hydrogen-bond donors (Lipinski definition) is 2. The molecule has 0 bridgehead atoms. The summed E-state index contributed by atoms with van der Waals surface area (Å²) in [7, 11) is -3.66. The normalized spacial score (nSPS) is 24.7. The van der Waals surface area contributed by atoms with E-state index in [-0.39, 0.29) is 41.9 Å². The van der Waals surface area contributed by atoms with Crippen LogP contribution < -0.4 is 15.2 Å². The lowest BCUT2D eigenvalue weighted by molar-refractivity contribution is 0.0972. The molecular formula is C21H25F2N5O3S. The number of carbonyl (C=O) groups is 1. The molecule has 2 heterocycles. The summed E-state index contributed by atoms with van der Waals surface area (Å²) in [4.78, 5) is 12.8. The van der Waals surface area contributed by atoms with Crippen molar-refractivity contribution in [1.29, 1.82) is 0 Å². The summed E-state index contributed by atoms with van der Waals surface area (Å²) in [6, 6.07) is 0.898. The Balaban J connectivity index is 1.47. The average molecular weight is 466 g/mol. The minimum Gasteiger partial charge on any atom is -0.476 e. The number of nitrogens with zero attached hydrogens (tertiary/aromatic N) is 3. The molecule has 2 aromatic rings. The van der Waals surface area contributed by atoms with Gasteiger partial charge in [0.15, 0.2) is 9.92 Å². The fourth-order valence-electron chi connectivity index (χ4n) is 4.77. The number of rotatable bonds is 2. The van der Waals surface area contributed by atoms with Gasteiger partial charge < -0.3 is 10.1 Å². The zero-order chi connectivity index (χ0) is 22.8. The number of hydrogen-bond acceptors (Lipinski definition) is 4. The number of aromatic nitrogens is 2. The van der Waals surface area contributed by atoms with Gasteiger partial charge in [0, 0.05) is 36.8 Å². The molecule has 2 aliphatic carbocycles. The Morgan fingerprint density at radius 1 is 1.25 bits per heavy atom. The minimum atomic E-state index is -3.66. The third kappa shape index (κ3) is 3.66. The van der Waals surface area contributed by atoms with Gasteiger partial charge >= 0.3 is 6.03 Å².